The SMILES string of the molecule is CC1(C)c2ccccc2-c2cc(-c3ccc(N(c4ccccc4)c4ccc5c(c4)Oc4cc6c(cc4O5)-c4ccccc4C64c5ccccc5-c5ccccc54)cc3)ccc21. The Kier molecular flexibility index (Phi) is 6.99. The zero-order chi connectivity index (χ0) is 40.5. The molecule has 3 aliphatic carbocycles. The second kappa shape index (κ2) is 12.5. The summed E-state index contributed by atoms with van der Waals surface area (Å²) < 4.78 is 13.7. The third-order valence-corrected chi connectivity index (χ3v) is 13.7. The van der Waals surface area contributed by atoms with Crippen LogP contribution in [0.4, 0.5) is 17.1 Å². The largest absolute Gasteiger partial charge is 0.449 e. The Bertz CT molecular complexity index is 3240. The third-order valence-electron chi connectivity index (χ3n) is 13.7. The van der Waals surface area contributed by atoms with Crippen molar-refractivity contribution >= 4 is 17.1 Å². The standard InChI is InChI=1S/C58H39NO2/c1-57(2)47-20-10-6-18-43(47)45-32-37(26-30-48(45)57)36-24-27-39(28-25-36)59(38-14-4-3-5-15-38)40-29-31-53-54(33-40)61-56-35-52-46(34-55(56)60-53)44-19-9-13-23-51(44)58(52)49-21-11-7-16-41(49)42-17-8-12-22-50(42)58/h3-35H,1-2H3. The summed E-state index contributed by atoms with van der Waals surface area (Å²) in [6.07, 6.45) is 0. The average molecular weight is 782 g/mol. The first-order valence-electron chi connectivity index (χ1n) is 21.2. The number of para-hydroxylation sites is 1. The molecule has 0 saturated heterocycles. The highest BCUT2D eigenvalue weighted by atomic mass is 16.6. The van der Waals surface area contributed by atoms with Crippen LogP contribution >= 0.6 is 0 Å². The van der Waals surface area contributed by atoms with Gasteiger partial charge in [-0.25, -0.2) is 0 Å². The molecule has 61 heavy (non-hydrogen) atoms. The number of fused-ring (bicyclic) bond motifs is 15. The van der Waals surface area contributed by atoms with Gasteiger partial charge < -0.3 is 14.4 Å². The van der Waals surface area contributed by atoms with Crippen LogP contribution in [0.5, 0.6) is 23.0 Å². The van der Waals surface area contributed by atoms with Gasteiger partial charge in [0.05, 0.1) is 11.1 Å². The van der Waals surface area contributed by atoms with Crippen molar-refractivity contribution in [2.45, 2.75) is 24.7 Å². The highest BCUT2D eigenvalue weighted by Gasteiger charge is 2.52. The van der Waals surface area contributed by atoms with Crippen molar-refractivity contribution in [3.8, 4) is 67.5 Å². The molecule has 13 rings (SSSR count). The average Bonchev–Trinajstić information content (AvgIpc) is 3.86. The minimum absolute atomic E-state index is 0.0152. The predicted octanol–water partition coefficient (Wildman–Crippen LogP) is 15.4. The molecule has 0 radical (unpaired) electrons. The van der Waals surface area contributed by atoms with Gasteiger partial charge in [0, 0.05) is 22.9 Å². The molecule has 1 aliphatic heterocycles. The molecular formula is C58H39NO2. The Hall–Kier alpha value is -7.62. The topological polar surface area (TPSA) is 21.7 Å². The number of hydrogen-bond acceptors (Lipinski definition) is 3. The van der Waals surface area contributed by atoms with Gasteiger partial charge >= 0.3 is 0 Å². The lowest BCUT2D eigenvalue weighted by Crippen LogP contribution is -2.25. The lowest BCUT2D eigenvalue weighted by molar-refractivity contribution is 0.359. The predicted molar refractivity (Wildman–Crippen MR) is 247 cm³/mol. The number of rotatable bonds is 4. The molecule has 9 aromatic rings. The van der Waals surface area contributed by atoms with Crippen LogP contribution < -0.4 is 14.4 Å². The number of hydrogen-bond donors (Lipinski definition) is 0. The second-order valence-electron chi connectivity index (χ2n) is 17.2. The summed E-state index contributed by atoms with van der Waals surface area (Å²) in [5.74, 6) is 2.81. The fourth-order valence-corrected chi connectivity index (χ4v) is 11.0. The molecular weight excluding hydrogens is 743 g/mol. The maximum absolute atomic E-state index is 6.94. The first-order valence-corrected chi connectivity index (χ1v) is 21.2. The molecule has 0 unspecified atom stereocenters. The van der Waals surface area contributed by atoms with Crippen LogP contribution in [0.3, 0.4) is 0 Å². The van der Waals surface area contributed by atoms with Crippen molar-refractivity contribution in [2.24, 2.45) is 0 Å². The van der Waals surface area contributed by atoms with Gasteiger partial charge in [-0.1, -0.05) is 153 Å². The Morgan fingerprint density at radius 3 is 1.44 bits per heavy atom. The molecule has 0 atom stereocenters. The first kappa shape index (κ1) is 34.3. The van der Waals surface area contributed by atoms with Gasteiger partial charge in [-0.15, -0.1) is 0 Å². The molecule has 1 spiro atoms. The minimum Gasteiger partial charge on any atom is -0.449 e. The smallest absolute Gasteiger partial charge is 0.172 e. The summed E-state index contributed by atoms with van der Waals surface area (Å²) in [6.45, 7) is 4.66. The van der Waals surface area contributed by atoms with Gasteiger partial charge in [-0.05, 0) is 132 Å². The van der Waals surface area contributed by atoms with E-state index in [2.05, 4.69) is 213 Å². The van der Waals surface area contributed by atoms with Crippen molar-refractivity contribution in [1.29, 1.82) is 0 Å². The van der Waals surface area contributed by atoms with E-state index in [0.717, 1.165) is 22.8 Å². The highest BCUT2D eigenvalue weighted by Crippen LogP contribution is 2.65. The Balaban J connectivity index is 0.887. The third kappa shape index (κ3) is 4.69. The van der Waals surface area contributed by atoms with Gasteiger partial charge in [0.25, 0.3) is 0 Å². The van der Waals surface area contributed by atoms with E-state index in [1.807, 2.05) is 6.07 Å². The molecule has 9 aromatic carbocycles. The minimum atomic E-state index is -0.462. The van der Waals surface area contributed by atoms with Crippen molar-refractivity contribution in [2.75, 3.05) is 4.90 Å². The Labute approximate surface area is 355 Å². The fraction of sp³-hybridized carbons (Fsp3) is 0.0690. The van der Waals surface area contributed by atoms with Crippen LogP contribution in [-0.2, 0) is 10.8 Å². The highest BCUT2D eigenvalue weighted by molar-refractivity contribution is 5.96. The van der Waals surface area contributed by atoms with Crippen LogP contribution in [0.2, 0.25) is 0 Å². The molecule has 0 saturated carbocycles. The van der Waals surface area contributed by atoms with Gasteiger partial charge in [-0.2, -0.15) is 0 Å². The molecule has 0 aromatic heterocycles. The molecule has 4 aliphatic rings. The van der Waals surface area contributed by atoms with Gasteiger partial charge in [-0.3, -0.25) is 0 Å². The number of ether oxygens (including phenoxy) is 2. The first-order chi connectivity index (χ1) is 30.0. The van der Waals surface area contributed by atoms with Crippen LogP contribution in [-0.4, -0.2) is 0 Å². The summed E-state index contributed by atoms with van der Waals surface area (Å²) in [4.78, 5) is 2.28. The molecule has 3 nitrogen and oxygen atoms in total. The van der Waals surface area contributed by atoms with E-state index >= 15 is 0 Å². The monoisotopic (exact) mass is 781 g/mol. The molecule has 0 fully saturated rings. The van der Waals surface area contributed by atoms with Crippen molar-refractivity contribution in [3.63, 3.8) is 0 Å². The van der Waals surface area contributed by atoms with E-state index in [9.17, 15) is 0 Å². The van der Waals surface area contributed by atoms with Crippen molar-refractivity contribution in [1.82, 2.24) is 0 Å². The molecule has 1 heterocycles. The number of benzene rings is 9. The van der Waals surface area contributed by atoms with Crippen molar-refractivity contribution < 1.29 is 9.47 Å². The van der Waals surface area contributed by atoms with Crippen LogP contribution in [0.1, 0.15) is 47.2 Å². The maximum atomic E-state index is 6.94. The summed E-state index contributed by atoms with van der Waals surface area (Å²) >= 11 is 0. The van der Waals surface area contributed by atoms with E-state index < -0.39 is 5.41 Å². The van der Waals surface area contributed by atoms with Gasteiger partial charge in [0.1, 0.15) is 0 Å². The van der Waals surface area contributed by atoms with Crippen LogP contribution in [0.25, 0.3) is 44.5 Å². The van der Waals surface area contributed by atoms with E-state index in [1.54, 1.807) is 0 Å². The fourth-order valence-electron chi connectivity index (χ4n) is 11.0. The van der Waals surface area contributed by atoms with Crippen molar-refractivity contribution in [3.05, 3.63) is 234 Å². The normalized spacial score (nSPS) is 14.6. The van der Waals surface area contributed by atoms with Crippen LogP contribution in [0, 0.1) is 0 Å². The van der Waals surface area contributed by atoms with Gasteiger partial charge in [0.2, 0.25) is 0 Å². The van der Waals surface area contributed by atoms with E-state index in [1.165, 1.54) is 77.9 Å². The zero-order valence-electron chi connectivity index (χ0n) is 33.8. The zero-order valence-corrected chi connectivity index (χ0v) is 33.8. The molecule has 0 N–H and O–H groups in total. The van der Waals surface area contributed by atoms with E-state index in [4.69, 9.17) is 9.47 Å². The Morgan fingerprint density at radius 1 is 0.311 bits per heavy atom. The molecule has 0 bridgehead atoms. The lowest BCUT2D eigenvalue weighted by Gasteiger charge is -2.31. The quantitative estimate of drug-likeness (QED) is 0.177. The van der Waals surface area contributed by atoms with Gasteiger partial charge in [0.15, 0.2) is 23.0 Å². The Morgan fingerprint density at radius 2 is 0.770 bits per heavy atom. The maximum Gasteiger partial charge on any atom is 0.172 e. The molecule has 3 heteroatoms. The summed E-state index contributed by atoms with van der Waals surface area (Å²) in [5, 5.41) is 0. The van der Waals surface area contributed by atoms with Crippen LogP contribution in [0.15, 0.2) is 200 Å². The van der Waals surface area contributed by atoms with E-state index in [-0.39, 0.29) is 5.41 Å². The molecule has 0 amide bonds. The number of anilines is 3. The summed E-state index contributed by atoms with van der Waals surface area (Å²) in [5.41, 5.74) is 20.5. The summed E-state index contributed by atoms with van der Waals surface area (Å²) in [7, 11) is 0. The molecule has 288 valence electrons. The number of nitrogens with zero attached hydrogens (tertiary/aromatic N) is 1. The van der Waals surface area contributed by atoms with E-state index in [0.29, 0.717) is 17.2 Å². The summed E-state index contributed by atoms with van der Waals surface area (Å²) in [6, 6.07) is 72.5. The second-order valence-corrected chi connectivity index (χ2v) is 17.2. The lowest BCUT2D eigenvalue weighted by atomic mass is 9.70.